The molecule has 0 unspecified atom stereocenters. The Balaban J connectivity index is 1.79. The summed E-state index contributed by atoms with van der Waals surface area (Å²) in [5.41, 5.74) is 1.21. The van der Waals surface area contributed by atoms with E-state index < -0.39 is 0 Å². The number of aromatic nitrogens is 3. The molecule has 1 saturated carbocycles. The third kappa shape index (κ3) is 2.57. The van der Waals surface area contributed by atoms with E-state index in [-0.39, 0.29) is 5.56 Å². The highest BCUT2D eigenvalue weighted by Crippen LogP contribution is 2.49. The number of hydrogen-bond donors (Lipinski definition) is 1. The summed E-state index contributed by atoms with van der Waals surface area (Å²) in [7, 11) is 0. The van der Waals surface area contributed by atoms with E-state index in [4.69, 9.17) is 0 Å². The second-order valence-corrected chi connectivity index (χ2v) is 6.60. The molecule has 0 saturated heterocycles. The summed E-state index contributed by atoms with van der Waals surface area (Å²) in [6, 6.07) is 1.57. The van der Waals surface area contributed by atoms with Crippen LogP contribution < -0.4 is 10.9 Å². The van der Waals surface area contributed by atoms with Crippen LogP contribution in [0.2, 0.25) is 0 Å². The Morgan fingerprint density at radius 1 is 1.45 bits per heavy atom. The summed E-state index contributed by atoms with van der Waals surface area (Å²) in [5.74, 6) is 0. The lowest BCUT2D eigenvalue weighted by Gasteiger charge is -2.13. The van der Waals surface area contributed by atoms with Crippen LogP contribution in [0.15, 0.2) is 10.9 Å². The normalized spacial score (nSPS) is 16.5. The van der Waals surface area contributed by atoms with Gasteiger partial charge in [0.2, 0.25) is 10.1 Å². The van der Waals surface area contributed by atoms with Gasteiger partial charge in [0.1, 0.15) is 0 Å². The first-order valence-electron chi connectivity index (χ1n) is 7.29. The quantitative estimate of drug-likeness (QED) is 0.889. The predicted molar refractivity (Wildman–Crippen MR) is 81.6 cm³/mol. The Morgan fingerprint density at radius 2 is 2.25 bits per heavy atom. The predicted octanol–water partition coefficient (Wildman–Crippen LogP) is 2.71. The number of aryl methyl sites for hydroxylation is 1. The van der Waals surface area contributed by atoms with E-state index in [9.17, 15) is 4.79 Å². The number of fused-ring (bicyclic) bond motifs is 1. The van der Waals surface area contributed by atoms with E-state index in [1.165, 1.54) is 41.5 Å². The average Bonchev–Trinajstić information content (AvgIpc) is 3.07. The Morgan fingerprint density at radius 3 is 2.90 bits per heavy atom. The molecule has 0 radical (unpaired) electrons. The first-order valence-corrected chi connectivity index (χ1v) is 8.11. The van der Waals surface area contributed by atoms with Crippen LogP contribution in [0.1, 0.15) is 45.2 Å². The fourth-order valence-corrected chi connectivity index (χ4v) is 3.41. The van der Waals surface area contributed by atoms with Crippen molar-refractivity contribution in [3.8, 4) is 0 Å². The van der Waals surface area contributed by atoms with Gasteiger partial charge in [0, 0.05) is 18.3 Å². The molecule has 20 heavy (non-hydrogen) atoms. The summed E-state index contributed by atoms with van der Waals surface area (Å²) >= 11 is 1.46. The van der Waals surface area contributed by atoms with Gasteiger partial charge in [0.15, 0.2) is 0 Å². The number of anilines is 1. The molecule has 5 nitrogen and oxygen atoms in total. The minimum atomic E-state index is -0.0918. The fraction of sp³-hybridized carbons (Fsp3) is 0.643. The highest BCUT2D eigenvalue weighted by molar-refractivity contribution is 7.20. The second kappa shape index (κ2) is 5.16. The van der Waals surface area contributed by atoms with Crippen molar-refractivity contribution in [2.24, 2.45) is 5.41 Å². The maximum atomic E-state index is 11.9. The van der Waals surface area contributed by atoms with Gasteiger partial charge in [-0.2, -0.15) is 4.52 Å². The van der Waals surface area contributed by atoms with Gasteiger partial charge in [-0.15, -0.1) is 5.10 Å². The largest absolute Gasteiger partial charge is 0.360 e. The molecule has 1 aliphatic rings. The summed E-state index contributed by atoms with van der Waals surface area (Å²) in [5, 5.41) is 8.52. The standard InChI is InChI=1S/C14H20N4OS/c1-3-5-14(6-7-14)9-15-12-17-18-11(19)8-10(4-2)16-13(18)20-12/h8H,3-7,9H2,1-2H3,(H,15,17). The molecule has 6 heteroatoms. The van der Waals surface area contributed by atoms with Crippen molar-refractivity contribution in [3.05, 3.63) is 22.1 Å². The molecule has 2 heterocycles. The Kier molecular flexibility index (Phi) is 3.50. The third-order valence-electron chi connectivity index (χ3n) is 4.01. The van der Waals surface area contributed by atoms with Gasteiger partial charge in [-0.25, -0.2) is 4.98 Å². The topological polar surface area (TPSA) is 59.3 Å². The van der Waals surface area contributed by atoms with Crippen LogP contribution in [0.5, 0.6) is 0 Å². The van der Waals surface area contributed by atoms with Crippen LogP contribution in [-0.4, -0.2) is 21.1 Å². The Labute approximate surface area is 122 Å². The third-order valence-corrected chi connectivity index (χ3v) is 4.88. The lowest BCUT2D eigenvalue weighted by Crippen LogP contribution is -2.17. The van der Waals surface area contributed by atoms with E-state index in [1.807, 2.05) is 6.92 Å². The van der Waals surface area contributed by atoms with E-state index in [1.54, 1.807) is 6.07 Å². The molecular weight excluding hydrogens is 272 g/mol. The summed E-state index contributed by atoms with van der Waals surface area (Å²) in [6.45, 7) is 5.18. The maximum Gasteiger partial charge on any atom is 0.275 e. The van der Waals surface area contributed by atoms with Gasteiger partial charge in [0.05, 0.1) is 0 Å². The highest BCUT2D eigenvalue weighted by atomic mass is 32.1. The van der Waals surface area contributed by atoms with Crippen molar-refractivity contribution in [1.29, 1.82) is 0 Å². The molecule has 1 fully saturated rings. The Bertz CT molecular complexity index is 671. The van der Waals surface area contributed by atoms with E-state index in [2.05, 4.69) is 22.3 Å². The van der Waals surface area contributed by atoms with Gasteiger partial charge < -0.3 is 5.32 Å². The van der Waals surface area contributed by atoms with Crippen molar-refractivity contribution < 1.29 is 0 Å². The van der Waals surface area contributed by atoms with Crippen molar-refractivity contribution in [1.82, 2.24) is 14.6 Å². The summed E-state index contributed by atoms with van der Waals surface area (Å²) in [6.07, 6.45) is 5.87. The van der Waals surface area contributed by atoms with Gasteiger partial charge in [0.25, 0.3) is 5.56 Å². The zero-order valence-corrected chi connectivity index (χ0v) is 12.8. The minimum absolute atomic E-state index is 0.0918. The lowest BCUT2D eigenvalue weighted by atomic mass is 10.0. The summed E-state index contributed by atoms with van der Waals surface area (Å²) in [4.78, 5) is 17.1. The van der Waals surface area contributed by atoms with Crippen molar-refractivity contribution >= 4 is 21.4 Å². The molecule has 1 N–H and O–H groups in total. The molecule has 108 valence electrons. The maximum absolute atomic E-state index is 11.9. The molecule has 2 aromatic rings. The molecule has 2 aromatic heterocycles. The highest BCUT2D eigenvalue weighted by Gasteiger charge is 2.41. The van der Waals surface area contributed by atoms with Crippen molar-refractivity contribution in [2.75, 3.05) is 11.9 Å². The molecule has 0 aliphatic heterocycles. The molecule has 1 aliphatic carbocycles. The zero-order valence-electron chi connectivity index (χ0n) is 12.0. The van der Waals surface area contributed by atoms with Crippen molar-refractivity contribution in [3.63, 3.8) is 0 Å². The number of rotatable bonds is 6. The summed E-state index contributed by atoms with van der Waals surface area (Å²) < 4.78 is 1.39. The van der Waals surface area contributed by atoms with Gasteiger partial charge >= 0.3 is 0 Å². The number of nitrogens with one attached hydrogen (secondary N) is 1. The van der Waals surface area contributed by atoms with Gasteiger partial charge in [-0.3, -0.25) is 4.79 Å². The van der Waals surface area contributed by atoms with Gasteiger partial charge in [-0.05, 0) is 31.1 Å². The number of hydrogen-bond acceptors (Lipinski definition) is 5. The van der Waals surface area contributed by atoms with Crippen LogP contribution in [0.3, 0.4) is 0 Å². The van der Waals surface area contributed by atoms with E-state index in [0.29, 0.717) is 10.4 Å². The fourth-order valence-electron chi connectivity index (χ4n) is 2.59. The van der Waals surface area contributed by atoms with Gasteiger partial charge in [-0.1, -0.05) is 31.6 Å². The SMILES string of the molecule is CCCC1(CNc2nn3c(=O)cc(CC)nc3s2)CC1. The minimum Gasteiger partial charge on any atom is -0.360 e. The molecule has 3 rings (SSSR count). The van der Waals surface area contributed by atoms with Crippen molar-refractivity contribution in [2.45, 2.75) is 46.0 Å². The molecule has 0 spiro atoms. The lowest BCUT2D eigenvalue weighted by molar-refractivity contribution is 0.485. The van der Waals surface area contributed by atoms with E-state index in [0.717, 1.165) is 23.8 Å². The molecule has 0 amide bonds. The molecule has 0 atom stereocenters. The van der Waals surface area contributed by atoms with Crippen LogP contribution in [0, 0.1) is 5.41 Å². The smallest absolute Gasteiger partial charge is 0.275 e. The monoisotopic (exact) mass is 292 g/mol. The van der Waals surface area contributed by atoms with Crippen LogP contribution in [-0.2, 0) is 6.42 Å². The van der Waals surface area contributed by atoms with Crippen LogP contribution in [0.25, 0.3) is 4.96 Å². The van der Waals surface area contributed by atoms with Crippen LogP contribution in [0.4, 0.5) is 5.13 Å². The first kappa shape index (κ1) is 13.5. The first-order chi connectivity index (χ1) is 9.65. The molecular formula is C14H20N4OS. The molecule has 0 aromatic carbocycles. The second-order valence-electron chi connectivity index (χ2n) is 5.64. The molecule has 0 bridgehead atoms. The van der Waals surface area contributed by atoms with E-state index >= 15 is 0 Å². The number of nitrogens with zero attached hydrogens (tertiary/aromatic N) is 3. The Hall–Kier alpha value is -1.43. The zero-order chi connectivity index (χ0) is 14.2. The van der Waals surface area contributed by atoms with Crippen LogP contribution >= 0.6 is 11.3 Å². The average molecular weight is 292 g/mol.